The van der Waals surface area contributed by atoms with Crippen molar-refractivity contribution in [3.8, 4) is 0 Å². The molecule has 4 rings (SSSR count). The molecule has 0 aromatic rings. The number of nitrogens with zero attached hydrogens (tertiary/aromatic N) is 1. The summed E-state index contributed by atoms with van der Waals surface area (Å²) in [4.78, 5) is 43.0. The van der Waals surface area contributed by atoms with Crippen molar-refractivity contribution in [2.75, 3.05) is 6.54 Å². The first kappa shape index (κ1) is 32.9. The highest BCUT2D eigenvalue weighted by molar-refractivity contribution is 5.88. The van der Waals surface area contributed by atoms with Crippen molar-refractivity contribution in [1.29, 1.82) is 0 Å². The summed E-state index contributed by atoms with van der Waals surface area (Å²) in [5.41, 5.74) is 17.6. The molecule has 238 valence electrons. The van der Waals surface area contributed by atoms with Crippen LogP contribution in [0.2, 0.25) is 0 Å². The van der Waals surface area contributed by atoms with Crippen molar-refractivity contribution in [2.45, 2.75) is 130 Å². The molecule has 8 nitrogen and oxygen atoms in total. The van der Waals surface area contributed by atoms with Crippen molar-refractivity contribution >= 4 is 23.5 Å². The minimum absolute atomic E-state index is 0.0261. The van der Waals surface area contributed by atoms with Crippen LogP contribution in [0.4, 0.5) is 0 Å². The number of fused-ring (bicyclic) bond motifs is 5. The molecule has 0 radical (unpaired) electrons. The standard InChI is InChI=1S/C34H58N4O4/c1-6-20(2)30(35)29(40)18-22(8-7-17-38-32(36)37)31(41)42-24-13-15-33(4)23(19-24)9-10-25-27-12-11-26(21(3)39)34(27,5)16-14-28(25)33/h20,22-28,30H,6-19,35H2,1-5H3,(H4,36,37,38)/t20?,22-,23+,24-,25+,26-,27+,28+,30+,33+,34-/m1/s1. The monoisotopic (exact) mass is 586 g/mol. The van der Waals surface area contributed by atoms with E-state index < -0.39 is 12.0 Å². The first-order valence-electron chi connectivity index (χ1n) is 16.9. The van der Waals surface area contributed by atoms with E-state index in [4.69, 9.17) is 21.9 Å². The van der Waals surface area contributed by atoms with Crippen LogP contribution in [0, 0.1) is 52.3 Å². The third kappa shape index (κ3) is 6.58. The Morgan fingerprint density at radius 3 is 2.33 bits per heavy atom. The molecule has 11 atom stereocenters. The van der Waals surface area contributed by atoms with Gasteiger partial charge in [0, 0.05) is 18.9 Å². The topological polar surface area (TPSA) is 151 Å². The first-order valence-corrected chi connectivity index (χ1v) is 16.9. The van der Waals surface area contributed by atoms with Gasteiger partial charge in [-0.25, -0.2) is 0 Å². The zero-order valence-electron chi connectivity index (χ0n) is 26.9. The summed E-state index contributed by atoms with van der Waals surface area (Å²) in [5, 5.41) is 0. The van der Waals surface area contributed by atoms with Crippen molar-refractivity contribution < 1.29 is 19.1 Å². The number of ether oxygens (including phenoxy) is 1. The molecule has 6 N–H and O–H groups in total. The molecule has 0 aliphatic heterocycles. The van der Waals surface area contributed by atoms with E-state index >= 15 is 0 Å². The molecule has 1 unspecified atom stereocenters. The molecule has 0 spiro atoms. The average Bonchev–Trinajstić information content (AvgIpc) is 3.31. The average molecular weight is 587 g/mol. The molecule has 4 fully saturated rings. The number of hydrogen-bond donors (Lipinski definition) is 3. The van der Waals surface area contributed by atoms with Crippen LogP contribution in [0.25, 0.3) is 0 Å². The van der Waals surface area contributed by atoms with E-state index in [1.165, 1.54) is 25.7 Å². The molecular formula is C34H58N4O4. The second-order valence-corrected chi connectivity index (χ2v) is 15.0. The van der Waals surface area contributed by atoms with E-state index in [2.05, 4.69) is 18.8 Å². The van der Waals surface area contributed by atoms with Gasteiger partial charge in [-0.15, -0.1) is 0 Å². The molecular weight excluding hydrogens is 528 g/mol. The number of ketones is 2. The fourth-order valence-electron chi connectivity index (χ4n) is 10.1. The SMILES string of the molecule is CCC(C)[C@H](N)C(=O)C[C@@H](CCCN=C(N)N)C(=O)O[C@@H]1CC[C@@]2(C)[C@@H](CC[C@@H]3[C@@H]2CC[C@]2(C)[C@@H](C(C)=O)CC[C@@H]32)C1. The molecule has 0 heterocycles. The fraction of sp³-hybridized carbons (Fsp3) is 0.882. The Labute approximate surface area is 253 Å². The van der Waals surface area contributed by atoms with Crippen LogP contribution in [-0.2, 0) is 19.1 Å². The highest BCUT2D eigenvalue weighted by Gasteiger charge is 2.61. The van der Waals surface area contributed by atoms with Crippen LogP contribution in [0.5, 0.6) is 0 Å². The lowest BCUT2D eigenvalue weighted by atomic mass is 9.44. The van der Waals surface area contributed by atoms with Gasteiger partial charge in [-0.1, -0.05) is 34.1 Å². The zero-order valence-corrected chi connectivity index (χ0v) is 26.9. The van der Waals surface area contributed by atoms with Crippen LogP contribution in [0.15, 0.2) is 4.99 Å². The molecule has 0 aromatic carbocycles. The number of rotatable bonds is 12. The van der Waals surface area contributed by atoms with Gasteiger partial charge in [0.15, 0.2) is 11.7 Å². The fourth-order valence-corrected chi connectivity index (χ4v) is 10.1. The summed E-state index contributed by atoms with van der Waals surface area (Å²) >= 11 is 0. The number of carbonyl (C=O) groups is 3. The van der Waals surface area contributed by atoms with Gasteiger partial charge >= 0.3 is 5.97 Å². The lowest BCUT2D eigenvalue weighted by Gasteiger charge is -2.61. The van der Waals surface area contributed by atoms with E-state index in [9.17, 15) is 14.4 Å². The highest BCUT2D eigenvalue weighted by Crippen LogP contribution is 2.67. The molecule has 0 amide bonds. The van der Waals surface area contributed by atoms with Gasteiger partial charge in [-0.2, -0.15) is 0 Å². The van der Waals surface area contributed by atoms with E-state index in [1.54, 1.807) is 6.92 Å². The smallest absolute Gasteiger partial charge is 0.309 e. The predicted octanol–water partition coefficient (Wildman–Crippen LogP) is 5.15. The maximum Gasteiger partial charge on any atom is 0.309 e. The van der Waals surface area contributed by atoms with Crippen LogP contribution in [0.3, 0.4) is 0 Å². The van der Waals surface area contributed by atoms with Crippen molar-refractivity contribution in [3.05, 3.63) is 0 Å². The minimum atomic E-state index is -0.573. The quantitative estimate of drug-likeness (QED) is 0.124. The predicted molar refractivity (Wildman–Crippen MR) is 166 cm³/mol. The number of nitrogens with two attached hydrogens (primary N) is 3. The maximum atomic E-state index is 13.5. The van der Waals surface area contributed by atoms with E-state index in [0.29, 0.717) is 48.8 Å². The Balaban J connectivity index is 1.39. The van der Waals surface area contributed by atoms with Crippen molar-refractivity contribution in [3.63, 3.8) is 0 Å². The lowest BCUT2D eigenvalue weighted by Crippen LogP contribution is -2.54. The molecule has 42 heavy (non-hydrogen) atoms. The Hall–Kier alpha value is -1.96. The summed E-state index contributed by atoms with van der Waals surface area (Å²) in [5.74, 6) is 2.45. The normalized spacial score (nSPS) is 37.8. The second-order valence-electron chi connectivity index (χ2n) is 15.0. The van der Waals surface area contributed by atoms with Crippen LogP contribution >= 0.6 is 0 Å². The Morgan fingerprint density at radius 1 is 0.976 bits per heavy atom. The maximum absolute atomic E-state index is 13.5. The number of carbonyl (C=O) groups excluding carboxylic acids is 3. The van der Waals surface area contributed by atoms with Gasteiger partial charge < -0.3 is 21.9 Å². The summed E-state index contributed by atoms with van der Waals surface area (Å²) < 4.78 is 6.20. The lowest BCUT2D eigenvalue weighted by molar-refractivity contribution is -0.168. The molecule has 4 aliphatic carbocycles. The zero-order chi connectivity index (χ0) is 30.8. The van der Waals surface area contributed by atoms with Gasteiger partial charge in [0.2, 0.25) is 0 Å². The summed E-state index contributed by atoms with van der Waals surface area (Å²) in [6.45, 7) is 11.1. The van der Waals surface area contributed by atoms with Gasteiger partial charge in [-0.05, 0) is 118 Å². The van der Waals surface area contributed by atoms with Crippen LogP contribution in [-0.4, -0.2) is 42.2 Å². The van der Waals surface area contributed by atoms with Gasteiger partial charge in [-0.3, -0.25) is 19.4 Å². The number of Topliss-reactive ketones (excluding diaryl/α,β-unsaturated/α-hetero) is 2. The van der Waals surface area contributed by atoms with E-state index in [-0.39, 0.29) is 52.9 Å². The molecule has 0 saturated heterocycles. The largest absolute Gasteiger partial charge is 0.462 e. The Morgan fingerprint density at radius 2 is 1.67 bits per heavy atom. The minimum Gasteiger partial charge on any atom is -0.462 e. The summed E-state index contributed by atoms with van der Waals surface area (Å²) in [6.07, 6.45) is 11.8. The van der Waals surface area contributed by atoms with Crippen LogP contribution in [0.1, 0.15) is 118 Å². The molecule has 0 aromatic heterocycles. The molecule has 8 heteroatoms. The Kier molecular flexibility index (Phi) is 10.5. The van der Waals surface area contributed by atoms with Crippen molar-refractivity contribution in [1.82, 2.24) is 0 Å². The van der Waals surface area contributed by atoms with Gasteiger partial charge in [0.25, 0.3) is 0 Å². The molecule has 0 bridgehead atoms. The highest BCUT2D eigenvalue weighted by atomic mass is 16.5. The third-order valence-electron chi connectivity index (χ3n) is 12.8. The third-order valence-corrected chi connectivity index (χ3v) is 12.8. The number of hydrogen-bond acceptors (Lipinski definition) is 6. The number of esters is 1. The number of guanidine groups is 1. The van der Waals surface area contributed by atoms with E-state index in [0.717, 1.165) is 38.5 Å². The van der Waals surface area contributed by atoms with Gasteiger partial charge in [0.1, 0.15) is 11.9 Å². The van der Waals surface area contributed by atoms with Crippen molar-refractivity contribution in [2.24, 2.45) is 74.4 Å². The van der Waals surface area contributed by atoms with E-state index in [1.807, 2.05) is 13.8 Å². The Bertz CT molecular complexity index is 1030. The molecule has 4 aliphatic rings. The molecule has 4 saturated carbocycles. The second kappa shape index (κ2) is 13.4. The summed E-state index contributed by atoms with van der Waals surface area (Å²) in [6, 6.07) is -0.573. The first-order chi connectivity index (χ1) is 19.8. The van der Waals surface area contributed by atoms with Gasteiger partial charge in [0.05, 0.1) is 12.0 Å². The summed E-state index contributed by atoms with van der Waals surface area (Å²) in [7, 11) is 0. The van der Waals surface area contributed by atoms with Crippen LogP contribution < -0.4 is 17.2 Å². The number of aliphatic imine (C=N–C) groups is 1.